The minimum atomic E-state index is -0.141. The van der Waals surface area contributed by atoms with E-state index in [1.54, 1.807) is 23.5 Å². The number of amides is 1. The van der Waals surface area contributed by atoms with E-state index in [0.717, 1.165) is 26.6 Å². The molecule has 22 heavy (non-hydrogen) atoms. The molecule has 0 atom stereocenters. The fourth-order valence-corrected chi connectivity index (χ4v) is 4.14. The predicted octanol–water partition coefficient (Wildman–Crippen LogP) is 4.82. The molecule has 0 aliphatic carbocycles. The maximum absolute atomic E-state index is 12.4. The van der Waals surface area contributed by atoms with E-state index in [2.05, 4.69) is 10.3 Å². The number of rotatable bonds is 2. The molecule has 4 nitrogen and oxygen atoms in total. The third kappa shape index (κ3) is 2.20. The summed E-state index contributed by atoms with van der Waals surface area (Å²) in [6.45, 7) is 1.93. The van der Waals surface area contributed by atoms with Gasteiger partial charge in [0.05, 0.1) is 10.4 Å². The number of carbonyl (C=O) groups is 1. The summed E-state index contributed by atoms with van der Waals surface area (Å²) in [4.78, 5) is 19.4. The van der Waals surface area contributed by atoms with Crippen LogP contribution in [0.15, 0.2) is 35.8 Å². The van der Waals surface area contributed by atoms with Gasteiger partial charge in [0.2, 0.25) is 0 Å². The van der Waals surface area contributed by atoms with E-state index in [4.69, 9.17) is 11.6 Å². The minimum Gasteiger partial charge on any atom is -0.321 e. The molecular formula is C15H10ClN3OS2. The van der Waals surface area contributed by atoms with E-state index in [1.165, 1.54) is 11.3 Å². The lowest BCUT2D eigenvalue weighted by Crippen LogP contribution is -2.11. The minimum absolute atomic E-state index is 0.141. The smallest absolute Gasteiger partial charge is 0.265 e. The number of aryl methyl sites for hydroxylation is 1. The van der Waals surface area contributed by atoms with Crippen LogP contribution >= 0.6 is 34.3 Å². The van der Waals surface area contributed by atoms with Gasteiger partial charge in [0.15, 0.2) is 4.96 Å². The summed E-state index contributed by atoms with van der Waals surface area (Å²) in [6, 6.07) is 7.32. The third-order valence-corrected chi connectivity index (χ3v) is 5.42. The lowest BCUT2D eigenvalue weighted by atomic mass is 10.2. The lowest BCUT2D eigenvalue weighted by molar-refractivity contribution is 0.103. The van der Waals surface area contributed by atoms with E-state index < -0.39 is 0 Å². The number of aromatic nitrogens is 2. The van der Waals surface area contributed by atoms with Gasteiger partial charge in [0.25, 0.3) is 5.91 Å². The fraction of sp³-hybridized carbons (Fsp3) is 0.0667. The van der Waals surface area contributed by atoms with Gasteiger partial charge in [-0.15, -0.1) is 22.7 Å². The van der Waals surface area contributed by atoms with Crippen molar-refractivity contribution in [1.82, 2.24) is 9.38 Å². The highest BCUT2D eigenvalue weighted by molar-refractivity contribution is 7.21. The van der Waals surface area contributed by atoms with Crippen molar-refractivity contribution in [3.8, 4) is 0 Å². The average Bonchev–Trinajstić information content (AvgIpc) is 3.14. The van der Waals surface area contributed by atoms with E-state index in [1.807, 2.05) is 35.0 Å². The second-order valence-corrected chi connectivity index (χ2v) is 7.22. The van der Waals surface area contributed by atoms with Crippen LogP contribution in [0.4, 0.5) is 5.69 Å². The zero-order chi connectivity index (χ0) is 15.3. The maximum Gasteiger partial charge on any atom is 0.265 e. The first-order valence-electron chi connectivity index (χ1n) is 6.54. The first-order valence-corrected chi connectivity index (χ1v) is 8.62. The summed E-state index contributed by atoms with van der Waals surface area (Å²) in [5.41, 5.74) is 2.67. The summed E-state index contributed by atoms with van der Waals surface area (Å²) < 4.78 is 2.00. The van der Waals surface area contributed by atoms with Gasteiger partial charge in [-0.05, 0) is 30.7 Å². The summed E-state index contributed by atoms with van der Waals surface area (Å²) in [6.07, 6.45) is 1.96. The fourth-order valence-electron chi connectivity index (χ4n) is 2.27. The van der Waals surface area contributed by atoms with Crippen molar-refractivity contribution in [3.63, 3.8) is 0 Å². The number of benzene rings is 1. The highest BCUT2D eigenvalue weighted by atomic mass is 35.5. The topological polar surface area (TPSA) is 46.4 Å². The molecule has 0 aliphatic heterocycles. The second kappa shape index (κ2) is 5.08. The van der Waals surface area contributed by atoms with Gasteiger partial charge in [-0.25, -0.2) is 4.98 Å². The Morgan fingerprint density at radius 3 is 3.09 bits per heavy atom. The molecule has 3 aromatic heterocycles. The van der Waals surface area contributed by atoms with Crippen LogP contribution in [0.2, 0.25) is 5.02 Å². The number of imidazole rings is 1. The van der Waals surface area contributed by atoms with E-state index in [0.29, 0.717) is 9.90 Å². The Balaban J connectivity index is 1.69. The Morgan fingerprint density at radius 1 is 1.36 bits per heavy atom. The number of fused-ring (bicyclic) bond motifs is 3. The van der Waals surface area contributed by atoms with Crippen LogP contribution in [-0.4, -0.2) is 15.3 Å². The number of thiophene rings is 1. The van der Waals surface area contributed by atoms with Crippen LogP contribution in [0.1, 0.15) is 15.2 Å². The average molecular weight is 348 g/mol. The van der Waals surface area contributed by atoms with E-state index in [-0.39, 0.29) is 5.91 Å². The molecule has 7 heteroatoms. The van der Waals surface area contributed by atoms with Crippen molar-refractivity contribution in [2.45, 2.75) is 6.92 Å². The highest BCUT2D eigenvalue weighted by Gasteiger charge is 2.15. The number of hydrogen-bond donors (Lipinski definition) is 1. The first kappa shape index (κ1) is 13.8. The monoisotopic (exact) mass is 347 g/mol. The second-order valence-electron chi connectivity index (χ2n) is 4.88. The quantitative estimate of drug-likeness (QED) is 0.564. The van der Waals surface area contributed by atoms with Gasteiger partial charge >= 0.3 is 0 Å². The van der Waals surface area contributed by atoms with Crippen molar-refractivity contribution < 1.29 is 4.79 Å². The summed E-state index contributed by atoms with van der Waals surface area (Å²) in [5.74, 6) is -0.141. The highest BCUT2D eigenvalue weighted by Crippen LogP contribution is 2.29. The van der Waals surface area contributed by atoms with Crippen LogP contribution in [0, 0.1) is 6.92 Å². The molecule has 3 heterocycles. The van der Waals surface area contributed by atoms with Crippen molar-refractivity contribution in [1.29, 1.82) is 0 Å². The van der Waals surface area contributed by atoms with Crippen LogP contribution in [-0.2, 0) is 0 Å². The number of anilines is 1. The normalized spacial score (nSPS) is 11.4. The number of nitrogens with one attached hydrogen (secondary N) is 1. The van der Waals surface area contributed by atoms with Crippen molar-refractivity contribution in [2.75, 3.05) is 5.32 Å². The molecule has 0 aliphatic rings. The molecule has 1 aromatic carbocycles. The van der Waals surface area contributed by atoms with Crippen LogP contribution in [0.3, 0.4) is 0 Å². The van der Waals surface area contributed by atoms with Crippen molar-refractivity contribution in [3.05, 3.63) is 51.3 Å². The van der Waals surface area contributed by atoms with Gasteiger partial charge in [0, 0.05) is 22.3 Å². The Hall–Kier alpha value is -1.89. The Kier molecular flexibility index (Phi) is 3.18. The standard InChI is InChI=1S/C15H10ClN3OS2/c1-8-2-3-9(16)6-10(8)17-13(20)12-7-11-14(22-12)18-15-19(11)4-5-21-15/h2-7H,1H3,(H,17,20). The number of nitrogens with zero attached hydrogens (tertiary/aromatic N) is 2. The van der Waals surface area contributed by atoms with Crippen LogP contribution < -0.4 is 5.32 Å². The van der Waals surface area contributed by atoms with Crippen molar-refractivity contribution in [2.24, 2.45) is 0 Å². The van der Waals surface area contributed by atoms with Gasteiger partial charge in [-0.3, -0.25) is 9.20 Å². The largest absolute Gasteiger partial charge is 0.321 e. The van der Waals surface area contributed by atoms with E-state index >= 15 is 0 Å². The van der Waals surface area contributed by atoms with Crippen LogP contribution in [0.25, 0.3) is 15.3 Å². The van der Waals surface area contributed by atoms with Gasteiger partial charge in [-0.1, -0.05) is 17.7 Å². The van der Waals surface area contributed by atoms with Crippen LogP contribution in [0.5, 0.6) is 0 Å². The molecule has 110 valence electrons. The lowest BCUT2D eigenvalue weighted by Gasteiger charge is -2.07. The molecule has 4 aromatic rings. The first-order chi connectivity index (χ1) is 10.6. The molecule has 1 N–H and O–H groups in total. The Bertz CT molecular complexity index is 1010. The summed E-state index contributed by atoms with van der Waals surface area (Å²) in [5, 5.41) is 5.49. The molecule has 0 bridgehead atoms. The Labute approximate surface area is 139 Å². The zero-order valence-electron chi connectivity index (χ0n) is 11.5. The maximum atomic E-state index is 12.4. The Morgan fingerprint density at radius 2 is 2.23 bits per heavy atom. The molecule has 0 unspecified atom stereocenters. The van der Waals surface area contributed by atoms with Gasteiger partial charge in [-0.2, -0.15) is 0 Å². The third-order valence-electron chi connectivity index (χ3n) is 3.41. The van der Waals surface area contributed by atoms with Gasteiger partial charge < -0.3 is 5.32 Å². The molecule has 1 amide bonds. The van der Waals surface area contributed by atoms with Gasteiger partial charge in [0.1, 0.15) is 4.83 Å². The SMILES string of the molecule is Cc1ccc(Cl)cc1NC(=O)c1cc2c(nc3sccn32)s1. The number of thiazole rings is 1. The number of carbonyl (C=O) groups excluding carboxylic acids is 1. The number of halogens is 1. The number of hydrogen-bond acceptors (Lipinski definition) is 4. The molecule has 0 saturated carbocycles. The van der Waals surface area contributed by atoms with E-state index in [9.17, 15) is 4.79 Å². The summed E-state index contributed by atoms with van der Waals surface area (Å²) >= 11 is 8.96. The molecule has 0 spiro atoms. The molecule has 4 rings (SSSR count). The van der Waals surface area contributed by atoms with Crippen molar-refractivity contribution >= 4 is 61.2 Å². The molecule has 0 fully saturated rings. The molecule has 0 radical (unpaired) electrons. The zero-order valence-corrected chi connectivity index (χ0v) is 13.9. The molecule has 0 saturated heterocycles. The summed E-state index contributed by atoms with van der Waals surface area (Å²) in [7, 11) is 0. The molecular weight excluding hydrogens is 338 g/mol. The predicted molar refractivity (Wildman–Crippen MR) is 92.6 cm³/mol.